The van der Waals surface area contributed by atoms with Crippen molar-refractivity contribution < 1.29 is 29.3 Å². The second-order valence-electron chi connectivity index (χ2n) is 3.78. The zero-order chi connectivity index (χ0) is 19.8. The summed E-state index contributed by atoms with van der Waals surface area (Å²) in [6.07, 6.45) is 13.3. The molecule has 0 aromatic heterocycles. The van der Waals surface area contributed by atoms with E-state index in [0.717, 1.165) is 0 Å². The van der Waals surface area contributed by atoms with Crippen molar-refractivity contribution in [2.75, 3.05) is 31.8 Å². The quantitative estimate of drug-likeness (QED) is 0.372. The van der Waals surface area contributed by atoms with Gasteiger partial charge in [0.1, 0.15) is 13.2 Å². The number of hydrogen-bond donors (Lipinski definition) is 2. The number of alkyl halides is 2. The summed E-state index contributed by atoms with van der Waals surface area (Å²) in [6.45, 7) is 3.32. The van der Waals surface area contributed by atoms with E-state index in [4.69, 9.17) is 33.4 Å². The van der Waals surface area contributed by atoms with Gasteiger partial charge in [0, 0.05) is 13.8 Å². The fourth-order valence-corrected chi connectivity index (χ4v) is 0.878. The van der Waals surface area contributed by atoms with E-state index in [1.807, 2.05) is 0 Å². The summed E-state index contributed by atoms with van der Waals surface area (Å²) in [6, 6.07) is 0. The first-order valence-corrected chi connectivity index (χ1v) is 8.26. The van der Waals surface area contributed by atoms with Crippen molar-refractivity contribution in [1.82, 2.24) is 0 Å². The number of rotatable bonds is 8. The molecule has 8 heteroatoms. The molecule has 144 valence electrons. The molecule has 2 N–H and O–H groups in total. The molecule has 0 aliphatic heterocycles. The average Bonchev–Trinajstić information content (AvgIpc) is 2.55. The van der Waals surface area contributed by atoms with E-state index < -0.39 is 0 Å². The summed E-state index contributed by atoms with van der Waals surface area (Å²) in [5.41, 5.74) is 0. The van der Waals surface area contributed by atoms with Gasteiger partial charge in [-0.1, -0.05) is 36.5 Å². The largest absolute Gasteiger partial charge is 0.462 e. The molecule has 0 saturated carbocycles. The van der Waals surface area contributed by atoms with E-state index >= 15 is 0 Å². The first-order valence-electron chi connectivity index (χ1n) is 7.19. The van der Waals surface area contributed by atoms with Crippen LogP contribution in [-0.2, 0) is 19.1 Å². The minimum absolute atomic E-state index is 0.0514. The Morgan fingerprint density at radius 1 is 0.760 bits per heavy atom. The Kier molecular flexibility index (Phi) is 30.8. The Bertz CT molecular complexity index is 379. The summed E-state index contributed by atoms with van der Waals surface area (Å²) >= 11 is 9.53. The molecule has 0 atom stereocenters. The number of allylic oxidation sites excluding steroid dienone is 4. The third-order valence-corrected chi connectivity index (χ3v) is 1.74. The summed E-state index contributed by atoms with van der Waals surface area (Å²) in [7, 11) is 0. The second-order valence-corrected chi connectivity index (χ2v) is 4.59. The van der Waals surface area contributed by atoms with Crippen molar-refractivity contribution in [2.45, 2.75) is 13.8 Å². The van der Waals surface area contributed by atoms with Crippen molar-refractivity contribution in [3.8, 4) is 0 Å². The van der Waals surface area contributed by atoms with Gasteiger partial charge in [-0.25, -0.2) is 0 Å². The lowest BCUT2D eigenvalue weighted by Gasteiger charge is -1.94. The number of carbonyl (C=O) groups is 2. The monoisotopic (exact) mass is 396 g/mol. The number of carbonyl (C=O) groups excluding carboxylic acids is 2. The van der Waals surface area contributed by atoms with Gasteiger partial charge < -0.3 is 19.7 Å². The summed E-state index contributed by atoms with van der Waals surface area (Å²) in [5.74, 6) is -0.614. The summed E-state index contributed by atoms with van der Waals surface area (Å²) in [5, 5.41) is 16.6. The maximum atomic E-state index is 10.3. The number of esters is 2. The molecule has 0 rings (SSSR count). The van der Waals surface area contributed by atoms with Gasteiger partial charge >= 0.3 is 11.9 Å². The standard InChI is InChI=1S/C10H14O4.C6H10O2.CH2Cl2/c1-9(11)13-7-5-3-4-6-8-14-10(2)12;7-5-3-1-2-4-6-8;2-1-3/h3-6H,7-8H2,1-2H3;1-4,7-8H,5-6H2;1H2/b5-3+,6-4+;3-1+,4-2+;. The van der Waals surface area contributed by atoms with Crippen LogP contribution in [0.5, 0.6) is 0 Å². The minimum Gasteiger partial charge on any atom is -0.462 e. The van der Waals surface area contributed by atoms with Gasteiger partial charge in [-0.3, -0.25) is 9.59 Å². The van der Waals surface area contributed by atoms with Gasteiger partial charge in [0.2, 0.25) is 0 Å². The predicted molar refractivity (Wildman–Crippen MR) is 101 cm³/mol. The van der Waals surface area contributed by atoms with E-state index in [1.54, 1.807) is 48.6 Å². The smallest absolute Gasteiger partial charge is 0.302 e. The van der Waals surface area contributed by atoms with Crippen LogP contribution in [0.15, 0.2) is 48.6 Å². The summed E-state index contributed by atoms with van der Waals surface area (Å²) < 4.78 is 9.28. The molecular formula is C17H26Cl2O6. The number of hydrogen-bond acceptors (Lipinski definition) is 6. The maximum absolute atomic E-state index is 10.3. The van der Waals surface area contributed by atoms with E-state index in [0.29, 0.717) is 0 Å². The Morgan fingerprint density at radius 2 is 1.04 bits per heavy atom. The molecule has 0 aromatic rings. The van der Waals surface area contributed by atoms with E-state index in [2.05, 4.69) is 9.47 Å². The average molecular weight is 397 g/mol. The molecule has 0 spiro atoms. The zero-order valence-corrected chi connectivity index (χ0v) is 15.9. The Labute approximate surface area is 159 Å². The third-order valence-electron chi connectivity index (χ3n) is 1.74. The molecule has 0 aliphatic rings. The number of aliphatic hydroxyl groups excluding tert-OH is 2. The van der Waals surface area contributed by atoms with Gasteiger partial charge in [0.15, 0.2) is 0 Å². The van der Waals surface area contributed by atoms with Crippen LogP contribution in [0.2, 0.25) is 0 Å². The molecule has 0 aliphatic carbocycles. The van der Waals surface area contributed by atoms with Gasteiger partial charge in [0.25, 0.3) is 0 Å². The first kappa shape index (κ1) is 28.2. The molecule has 0 unspecified atom stereocenters. The van der Waals surface area contributed by atoms with Crippen LogP contribution in [0.4, 0.5) is 0 Å². The van der Waals surface area contributed by atoms with E-state index in [9.17, 15) is 9.59 Å². The normalized spacial score (nSPS) is 10.5. The number of ether oxygens (including phenoxy) is 2. The highest BCUT2D eigenvalue weighted by molar-refractivity contribution is 6.40. The van der Waals surface area contributed by atoms with Crippen molar-refractivity contribution in [2.24, 2.45) is 0 Å². The molecule has 0 saturated heterocycles. The van der Waals surface area contributed by atoms with Gasteiger partial charge in [-0.15, -0.1) is 23.2 Å². The Balaban J connectivity index is -0.000000371. The highest BCUT2D eigenvalue weighted by Gasteiger charge is 1.86. The Hall–Kier alpha value is -1.60. The molecule has 25 heavy (non-hydrogen) atoms. The fraction of sp³-hybridized carbons (Fsp3) is 0.412. The lowest BCUT2D eigenvalue weighted by atomic mass is 10.4. The van der Waals surface area contributed by atoms with Crippen molar-refractivity contribution >= 4 is 35.1 Å². The Morgan fingerprint density at radius 3 is 1.28 bits per heavy atom. The first-order chi connectivity index (χ1) is 12.0. The van der Waals surface area contributed by atoms with Crippen LogP contribution in [0.1, 0.15) is 13.8 Å². The third kappa shape index (κ3) is 45.0. The van der Waals surface area contributed by atoms with Crippen LogP contribution in [-0.4, -0.2) is 53.9 Å². The van der Waals surface area contributed by atoms with Gasteiger partial charge in [-0.2, -0.15) is 0 Å². The lowest BCUT2D eigenvalue weighted by Crippen LogP contribution is -1.97. The predicted octanol–water partition coefficient (Wildman–Crippen LogP) is 2.73. The summed E-state index contributed by atoms with van der Waals surface area (Å²) in [4.78, 5) is 20.6. The lowest BCUT2D eigenvalue weighted by molar-refractivity contribution is -0.140. The molecule has 0 bridgehead atoms. The van der Waals surface area contributed by atoms with E-state index in [1.165, 1.54) is 13.8 Å². The topological polar surface area (TPSA) is 93.1 Å². The van der Waals surface area contributed by atoms with Crippen molar-refractivity contribution in [3.63, 3.8) is 0 Å². The molecule has 6 nitrogen and oxygen atoms in total. The van der Waals surface area contributed by atoms with Crippen LogP contribution in [0.3, 0.4) is 0 Å². The zero-order valence-electron chi connectivity index (χ0n) is 14.4. The SMILES string of the molecule is CC(=O)OC/C=C/C=C/COC(C)=O.ClCCl.OC/C=C/C=C/CO. The van der Waals surface area contributed by atoms with Crippen LogP contribution in [0, 0.1) is 0 Å². The minimum atomic E-state index is -0.307. The number of halogens is 2. The molecule has 0 radical (unpaired) electrons. The molecular weight excluding hydrogens is 371 g/mol. The highest BCUT2D eigenvalue weighted by Crippen LogP contribution is 1.83. The molecule has 0 amide bonds. The fourth-order valence-electron chi connectivity index (χ4n) is 0.878. The van der Waals surface area contributed by atoms with Crippen LogP contribution in [0.25, 0.3) is 0 Å². The molecule has 0 fully saturated rings. The van der Waals surface area contributed by atoms with Crippen LogP contribution < -0.4 is 0 Å². The van der Waals surface area contributed by atoms with E-state index in [-0.39, 0.29) is 43.7 Å². The van der Waals surface area contributed by atoms with Gasteiger partial charge in [-0.05, 0) is 12.2 Å². The van der Waals surface area contributed by atoms with Crippen molar-refractivity contribution in [3.05, 3.63) is 48.6 Å². The second kappa shape index (κ2) is 27.3. The maximum Gasteiger partial charge on any atom is 0.302 e. The van der Waals surface area contributed by atoms with Crippen molar-refractivity contribution in [1.29, 1.82) is 0 Å². The number of aliphatic hydroxyl groups is 2. The highest BCUT2D eigenvalue weighted by atomic mass is 35.5. The van der Waals surface area contributed by atoms with Crippen LogP contribution >= 0.6 is 23.2 Å². The van der Waals surface area contributed by atoms with Gasteiger partial charge in [0.05, 0.1) is 18.6 Å². The molecule has 0 heterocycles. The molecule has 0 aromatic carbocycles.